The highest BCUT2D eigenvalue weighted by molar-refractivity contribution is 6.74. The minimum Gasteiger partial charge on any atom is -0.414 e. The van der Waals surface area contributed by atoms with Gasteiger partial charge in [-0.05, 0) is 43.2 Å². The minimum atomic E-state index is -2.29. The van der Waals surface area contributed by atoms with E-state index in [0.29, 0.717) is 5.56 Å². The van der Waals surface area contributed by atoms with Crippen LogP contribution >= 0.6 is 0 Å². The summed E-state index contributed by atoms with van der Waals surface area (Å²) < 4.78 is 20.5. The fourth-order valence-electron chi connectivity index (χ4n) is 3.25. The minimum absolute atomic E-state index is 0.00336. The van der Waals surface area contributed by atoms with E-state index in [-0.39, 0.29) is 22.5 Å². The van der Waals surface area contributed by atoms with Gasteiger partial charge in [0.05, 0.1) is 12.7 Å². The maximum absolute atomic E-state index is 12.7. The molecule has 0 amide bonds. The molecule has 0 saturated carbocycles. The Morgan fingerprint density at radius 1 is 1.15 bits per heavy atom. The van der Waals surface area contributed by atoms with Crippen LogP contribution in [0.1, 0.15) is 66.4 Å². The fraction of sp³-hybridized carbons (Fsp3) is 0.826. The van der Waals surface area contributed by atoms with Gasteiger partial charge in [-0.3, -0.25) is 4.57 Å². The van der Waals surface area contributed by atoms with Crippen molar-refractivity contribution in [2.75, 3.05) is 12.3 Å². The highest BCUT2D eigenvalue weighted by Crippen LogP contribution is 2.42. The lowest BCUT2D eigenvalue weighted by Gasteiger charge is -2.41. The number of aromatic nitrogens is 2. The SMILES string of the molecule is CC(O)c1cn([C@@H]2O[C@H](CO[Si](C)(C)C(C)(C)C)[C@@H](O[Si](C)(C)C(C)(C)C)[C@H]2O)c(=O)nc1N. The first-order chi connectivity index (χ1) is 15.2. The van der Waals surface area contributed by atoms with Crippen molar-refractivity contribution in [2.24, 2.45) is 0 Å². The summed E-state index contributed by atoms with van der Waals surface area (Å²) in [4.78, 5) is 16.5. The third-order valence-electron chi connectivity index (χ3n) is 7.70. The summed E-state index contributed by atoms with van der Waals surface area (Å²) in [7, 11) is -4.39. The molecule has 2 heterocycles. The Hall–Kier alpha value is -1.09. The fourth-order valence-corrected chi connectivity index (χ4v) is 5.59. The topological polar surface area (TPSA) is 129 Å². The number of nitrogens with zero attached hydrogens (tertiary/aromatic N) is 2. The van der Waals surface area contributed by atoms with Gasteiger partial charge >= 0.3 is 5.69 Å². The van der Waals surface area contributed by atoms with E-state index in [2.05, 4.69) is 72.7 Å². The quantitative estimate of drug-likeness (QED) is 0.470. The van der Waals surface area contributed by atoms with Crippen molar-refractivity contribution in [3.8, 4) is 0 Å². The summed E-state index contributed by atoms with van der Waals surface area (Å²) in [6, 6.07) is 0. The molecule has 1 aromatic heterocycles. The van der Waals surface area contributed by atoms with Crippen molar-refractivity contribution in [2.45, 2.75) is 115 Å². The lowest BCUT2D eigenvalue weighted by Crippen LogP contribution is -2.51. The highest BCUT2D eigenvalue weighted by Gasteiger charge is 2.51. The van der Waals surface area contributed by atoms with E-state index >= 15 is 0 Å². The number of aliphatic hydroxyl groups excluding tert-OH is 2. The summed E-state index contributed by atoms with van der Waals surface area (Å²) in [6.45, 7) is 23.2. The zero-order chi connectivity index (χ0) is 26.4. The van der Waals surface area contributed by atoms with Crippen molar-refractivity contribution in [1.82, 2.24) is 9.55 Å². The van der Waals surface area contributed by atoms with E-state index in [1.54, 1.807) is 0 Å². The molecule has 1 fully saturated rings. The number of nitrogen functional groups attached to an aromatic ring is 1. The first-order valence-corrected chi connectivity index (χ1v) is 17.7. The number of nitrogens with two attached hydrogens (primary N) is 1. The van der Waals surface area contributed by atoms with Crippen molar-refractivity contribution >= 4 is 22.5 Å². The molecule has 0 aliphatic carbocycles. The van der Waals surface area contributed by atoms with Crippen molar-refractivity contribution in [3.05, 3.63) is 22.2 Å². The molecule has 196 valence electrons. The predicted molar refractivity (Wildman–Crippen MR) is 139 cm³/mol. The van der Waals surface area contributed by atoms with E-state index in [0.717, 1.165) is 0 Å². The Morgan fingerprint density at radius 3 is 2.15 bits per heavy atom. The average Bonchev–Trinajstić information content (AvgIpc) is 2.93. The van der Waals surface area contributed by atoms with Gasteiger partial charge in [0.1, 0.15) is 24.1 Å². The number of anilines is 1. The molecule has 2 rings (SSSR count). The van der Waals surface area contributed by atoms with Crippen LogP contribution in [0.2, 0.25) is 36.3 Å². The predicted octanol–water partition coefficient (Wildman–Crippen LogP) is 3.55. The lowest BCUT2D eigenvalue weighted by molar-refractivity contribution is -0.0530. The van der Waals surface area contributed by atoms with Crippen molar-refractivity contribution in [3.63, 3.8) is 0 Å². The first-order valence-electron chi connectivity index (χ1n) is 11.9. The van der Waals surface area contributed by atoms with Crippen molar-refractivity contribution < 1.29 is 23.8 Å². The van der Waals surface area contributed by atoms with Crippen LogP contribution in [0, 0.1) is 0 Å². The van der Waals surface area contributed by atoms with Crippen LogP contribution in [0.5, 0.6) is 0 Å². The second-order valence-corrected chi connectivity index (χ2v) is 22.0. The van der Waals surface area contributed by atoms with Crippen LogP contribution in [-0.2, 0) is 13.6 Å². The summed E-state index contributed by atoms with van der Waals surface area (Å²) in [5.74, 6) is -0.0457. The Balaban J connectivity index is 2.46. The number of hydrogen-bond donors (Lipinski definition) is 3. The van der Waals surface area contributed by atoms with Gasteiger partial charge < -0.3 is 29.5 Å². The van der Waals surface area contributed by atoms with E-state index in [1.807, 2.05) is 0 Å². The third-order valence-corrected chi connectivity index (χ3v) is 16.7. The van der Waals surface area contributed by atoms with E-state index in [1.165, 1.54) is 17.7 Å². The Morgan fingerprint density at radius 2 is 1.68 bits per heavy atom. The smallest absolute Gasteiger partial charge is 0.351 e. The summed E-state index contributed by atoms with van der Waals surface area (Å²) in [6.07, 6.45) is -2.97. The van der Waals surface area contributed by atoms with Gasteiger partial charge in [-0.1, -0.05) is 41.5 Å². The second kappa shape index (κ2) is 9.76. The third kappa shape index (κ3) is 6.00. The Bertz CT molecular complexity index is 921. The molecule has 0 bridgehead atoms. The van der Waals surface area contributed by atoms with Crippen LogP contribution < -0.4 is 11.4 Å². The lowest BCUT2D eigenvalue weighted by atomic mass is 10.1. The first kappa shape index (κ1) is 29.1. The molecular formula is C23H45N3O6Si2. The molecule has 4 N–H and O–H groups in total. The van der Waals surface area contributed by atoms with E-state index in [4.69, 9.17) is 19.3 Å². The zero-order valence-corrected chi connectivity index (χ0v) is 24.7. The maximum Gasteiger partial charge on any atom is 0.351 e. The van der Waals surface area contributed by atoms with Gasteiger partial charge in [0.2, 0.25) is 0 Å². The van der Waals surface area contributed by atoms with E-state index in [9.17, 15) is 15.0 Å². The summed E-state index contributed by atoms with van der Waals surface area (Å²) in [5.41, 5.74) is 5.45. The molecule has 9 nitrogen and oxygen atoms in total. The van der Waals surface area contributed by atoms with E-state index < -0.39 is 53.0 Å². The van der Waals surface area contributed by atoms with Gasteiger partial charge in [0, 0.05) is 11.8 Å². The van der Waals surface area contributed by atoms with Crippen LogP contribution in [-0.4, -0.2) is 61.3 Å². The number of ether oxygens (including phenoxy) is 1. The second-order valence-electron chi connectivity index (χ2n) is 12.4. The molecule has 34 heavy (non-hydrogen) atoms. The average molecular weight is 516 g/mol. The number of rotatable bonds is 7. The van der Waals surface area contributed by atoms with Crippen molar-refractivity contribution in [1.29, 1.82) is 0 Å². The standard InChI is InChI=1S/C23H45N3O6Si2/c1-14(27)15-12-26(21(29)25-19(15)24)20-17(28)18(32-34(10,11)23(5,6)7)16(31-20)13-30-33(8,9)22(2,3)4/h12,14,16-18,20,27-28H,13H2,1-11H3,(H2,24,25,29)/t14?,16-,17-,18-,20-/m1/s1. The highest BCUT2D eigenvalue weighted by atomic mass is 28.4. The van der Waals surface area contributed by atoms with Crippen LogP contribution in [0.25, 0.3) is 0 Å². The van der Waals surface area contributed by atoms with Gasteiger partial charge in [0.25, 0.3) is 0 Å². The van der Waals surface area contributed by atoms with Crippen LogP contribution in [0.4, 0.5) is 5.82 Å². The molecule has 0 radical (unpaired) electrons. The number of aliphatic hydroxyl groups is 2. The molecule has 11 heteroatoms. The molecule has 0 aromatic carbocycles. The maximum atomic E-state index is 12.7. The molecule has 0 spiro atoms. The Kier molecular flexibility index (Phi) is 8.36. The summed E-state index contributed by atoms with van der Waals surface area (Å²) in [5, 5.41) is 21.3. The molecule has 1 aliphatic heterocycles. The largest absolute Gasteiger partial charge is 0.414 e. The van der Waals surface area contributed by atoms with Crippen LogP contribution in [0.3, 0.4) is 0 Å². The summed E-state index contributed by atoms with van der Waals surface area (Å²) >= 11 is 0. The molecule has 1 unspecified atom stereocenters. The van der Waals surface area contributed by atoms with Gasteiger partial charge in [0.15, 0.2) is 22.9 Å². The molecular weight excluding hydrogens is 470 g/mol. The van der Waals surface area contributed by atoms with Crippen LogP contribution in [0.15, 0.2) is 11.0 Å². The number of hydrogen-bond acceptors (Lipinski definition) is 8. The van der Waals surface area contributed by atoms with Gasteiger partial charge in [-0.15, -0.1) is 0 Å². The zero-order valence-electron chi connectivity index (χ0n) is 22.7. The molecule has 1 aromatic rings. The van der Waals surface area contributed by atoms with Gasteiger partial charge in [-0.2, -0.15) is 4.98 Å². The normalized spacial score (nSPS) is 25.6. The Labute approximate surface area is 205 Å². The van der Waals surface area contributed by atoms with Gasteiger partial charge in [-0.25, -0.2) is 4.79 Å². The molecule has 1 saturated heterocycles. The molecule has 5 atom stereocenters. The molecule has 1 aliphatic rings. The monoisotopic (exact) mass is 515 g/mol.